The Morgan fingerprint density at radius 3 is 2.76 bits per heavy atom. The number of rotatable bonds is 4. The van der Waals surface area contributed by atoms with Crippen LogP contribution in [0.2, 0.25) is 0 Å². The van der Waals surface area contributed by atoms with Crippen molar-refractivity contribution in [3.8, 4) is 0 Å². The summed E-state index contributed by atoms with van der Waals surface area (Å²) >= 11 is 0. The molecular weight excluding hydrogens is 214 g/mol. The molecule has 0 amide bonds. The van der Waals surface area contributed by atoms with Crippen LogP contribution in [0.1, 0.15) is 24.8 Å². The molecule has 1 aliphatic heterocycles. The van der Waals surface area contributed by atoms with Gasteiger partial charge in [-0.2, -0.15) is 0 Å². The smallest absolute Gasteiger partial charge is 0.0614 e. The third-order valence-electron chi connectivity index (χ3n) is 3.48. The Kier molecular flexibility index (Phi) is 4.54. The molecule has 17 heavy (non-hydrogen) atoms. The zero-order chi connectivity index (χ0) is 12.0. The van der Waals surface area contributed by atoms with Gasteiger partial charge in [-0.3, -0.25) is 0 Å². The molecule has 1 aliphatic rings. The highest BCUT2D eigenvalue weighted by atomic mass is 16.5. The van der Waals surface area contributed by atoms with Gasteiger partial charge in [0, 0.05) is 25.3 Å². The fourth-order valence-corrected chi connectivity index (χ4v) is 2.28. The third kappa shape index (κ3) is 3.53. The Bertz CT molecular complexity index is 318. The maximum Gasteiger partial charge on any atom is 0.0614 e. The van der Waals surface area contributed by atoms with Gasteiger partial charge in [0.15, 0.2) is 0 Å². The second kappa shape index (κ2) is 6.15. The lowest BCUT2D eigenvalue weighted by atomic mass is 9.91. The minimum absolute atomic E-state index is 0.160. The molecular formula is C14H21NO2. The number of hydrogen-bond donors (Lipinski definition) is 2. The summed E-state index contributed by atoms with van der Waals surface area (Å²) in [5.41, 5.74) is 1.09. The van der Waals surface area contributed by atoms with Crippen molar-refractivity contribution >= 4 is 0 Å². The van der Waals surface area contributed by atoms with Gasteiger partial charge >= 0.3 is 0 Å². The standard InChI is InChI=1S/C14H21NO2/c16-12-14(7-4-9-17-10-8-14)15-11-13-5-2-1-3-6-13/h1-3,5-6,15-16H,4,7-12H2. The monoisotopic (exact) mass is 235 g/mol. The van der Waals surface area contributed by atoms with Gasteiger partial charge < -0.3 is 15.2 Å². The number of benzene rings is 1. The van der Waals surface area contributed by atoms with E-state index in [9.17, 15) is 5.11 Å². The molecule has 1 aromatic rings. The first kappa shape index (κ1) is 12.6. The van der Waals surface area contributed by atoms with Crippen LogP contribution in [0.15, 0.2) is 30.3 Å². The Hall–Kier alpha value is -0.900. The predicted molar refractivity (Wildman–Crippen MR) is 67.8 cm³/mol. The molecule has 0 aliphatic carbocycles. The van der Waals surface area contributed by atoms with Crippen molar-refractivity contribution in [1.82, 2.24) is 5.32 Å². The molecule has 3 nitrogen and oxygen atoms in total. The summed E-state index contributed by atoms with van der Waals surface area (Å²) in [5, 5.41) is 13.1. The summed E-state index contributed by atoms with van der Waals surface area (Å²) in [7, 11) is 0. The first-order chi connectivity index (χ1) is 8.35. The molecule has 0 aromatic heterocycles. The van der Waals surface area contributed by atoms with Crippen LogP contribution in [-0.2, 0) is 11.3 Å². The first-order valence-corrected chi connectivity index (χ1v) is 6.32. The SMILES string of the molecule is OCC1(NCc2ccccc2)CCCOCC1. The van der Waals surface area contributed by atoms with E-state index in [2.05, 4.69) is 17.4 Å². The Morgan fingerprint density at radius 2 is 2.00 bits per heavy atom. The van der Waals surface area contributed by atoms with Crippen LogP contribution in [0.3, 0.4) is 0 Å². The van der Waals surface area contributed by atoms with Gasteiger partial charge in [-0.15, -0.1) is 0 Å². The molecule has 1 aromatic carbocycles. The normalized spacial score (nSPS) is 25.5. The molecule has 94 valence electrons. The quantitative estimate of drug-likeness (QED) is 0.834. The molecule has 1 unspecified atom stereocenters. The van der Waals surface area contributed by atoms with Gasteiger partial charge in [0.1, 0.15) is 0 Å². The van der Waals surface area contributed by atoms with Crippen molar-refractivity contribution in [2.75, 3.05) is 19.8 Å². The molecule has 0 bridgehead atoms. The maximum absolute atomic E-state index is 9.63. The van der Waals surface area contributed by atoms with Gasteiger partial charge in [0.25, 0.3) is 0 Å². The van der Waals surface area contributed by atoms with E-state index < -0.39 is 0 Å². The van der Waals surface area contributed by atoms with Crippen LogP contribution in [0.25, 0.3) is 0 Å². The number of aliphatic hydroxyl groups excluding tert-OH is 1. The molecule has 1 fully saturated rings. The van der Waals surface area contributed by atoms with E-state index in [0.717, 1.165) is 39.0 Å². The minimum Gasteiger partial charge on any atom is -0.394 e. The molecule has 1 heterocycles. The molecule has 0 spiro atoms. The van der Waals surface area contributed by atoms with E-state index in [-0.39, 0.29) is 12.1 Å². The molecule has 1 saturated heterocycles. The highest BCUT2D eigenvalue weighted by Gasteiger charge is 2.29. The summed E-state index contributed by atoms with van der Waals surface area (Å²) in [6.07, 6.45) is 2.88. The van der Waals surface area contributed by atoms with E-state index in [1.807, 2.05) is 18.2 Å². The van der Waals surface area contributed by atoms with E-state index >= 15 is 0 Å². The van der Waals surface area contributed by atoms with Crippen molar-refractivity contribution in [3.63, 3.8) is 0 Å². The summed E-state index contributed by atoms with van der Waals surface area (Å²) < 4.78 is 5.45. The number of ether oxygens (including phenoxy) is 1. The average Bonchev–Trinajstić information content (AvgIpc) is 2.64. The average molecular weight is 235 g/mol. The summed E-state index contributed by atoms with van der Waals surface area (Å²) in [5.74, 6) is 0. The second-order valence-electron chi connectivity index (χ2n) is 4.74. The maximum atomic E-state index is 9.63. The third-order valence-corrected chi connectivity index (χ3v) is 3.48. The van der Waals surface area contributed by atoms with Gasteiger partial charge in [-0.05, 0) is 24.8 Å². The Morgan fingerprint density at radius 1 is 1.18 bits per heavy atom. The molecule has 1 atom stereocenters. The van der Waals surface area contributed by atoms with E-state index in [1.54, 1.807) is 0 Å². The highest BCUT2D eigenvalue weighted by Crippen LogP contribution is 2.21. The second-order valence-corrected chi connectivity index (χ2v) is 4.74. The number of hydrogen-bond acceptors (Lipinski definition) is 3. The van der Waals surface area contributed by atoms with Gasteiger partial charge in [-0.25, -0.2) is 0 Å². The van der Waals surface area contributed by atoms with Crippen LogP contribution in [0.4, 0.5) is 0 Å². The van der Waals surface area contributed by atoms with Crippen LogP contribution in [0.5, 0.6) is 0 Å². The van der Waals surface area contributed by atoms with Crippen molar-refractivity contribution in [1.29, 1.82) is 0 Å². The molecule has 2 N–H and O–H groups in total. The van der Waals surface area contributed by atoms with E-state index in [0.29, 0.717) is 0 Å². The largest absolute Gasteiger partial charge is 0.394 e. The predicted octanol–water partition coefficient (Wildman–Crippen LogP) is 1.71. The van der Waals surface area contributed by atoms with Crippen molar-refractivity contribution in [2.24, 2.45) is 0 Å². The fraction of sp³-hybridized carbons (Fsp3) is 0.571. The van der Waals surface area contributed by atoms with Crippen LogP contribution in [0, 0.1) is 0 Å². The molecule has 0 saturated carbocycles. The van der Waals surface area contributed by atoms with E-state index in [4.69, 9.17) is 4.74 Å². The van der Waals surface area contributed by atoms with Crippen molar-refractivity contribution in [3.05, 3.63) is 35.9 Å². The molecule has 0 radical (unpaired) electrons. The van der Waals surface area contributed by atoms with Gasteiger partial charge in [0.05, 0.1) is 6.61 Å². The summed E-state index contributed by atoms with van der Waals surface area (Å²) in [4.78, 5) is 0. The zero-order valence-electron chi connectivity index (χ0n) is 10.2. The molecule has 2 rings (SSSR count). The van der Waals surface area contributed by atoms with Gasteiger partial charge in [-0.1, -0.05) is 30.3 Å². The Labute approximate surface area is 103 Å². The lowest BCUT2D eigenvalue weighted by Gasteiger charge is -2.31. The number of aliphatic hydroxyl groups is 1. The lowest BCUT2D eigenvalue weighted by Crippen LogP contribution is -2.48. The minimum atomic E-state index is -0.160. The summed E-state index contributed by atoms with van der Waals surface area (Å²) in [6.45, 7) is 2.54. The number of nitrogens with one attached hydrogen (secondary N) is 1. The van der Waals surface area contributed by atoms with E-state index in [1.165, 1.54) is 5.56 Å². The van der Waals surface area contributed by atoms with Gasteiger partial charge in [0.2, 0.25) is 0 Å². The molecule has 3 heteroatoms. The van der Waals surface area contributed by atoms with Crippen LogP contribution < -0.4 is 5.32 Å². The first-order valence-electron chi connectivity index (χ1n) is 6.32. The Balaban J connectivity index is 1.94. The van der Waals surface area contributed by atoms with Crippen molar-refractivity contribution < 1.29 is 9.84 Å². The highest BCUT2D eigenvalue weighted by molar-refractivity contribution is 5.14. The fourth-order valence-electron chi connectivity index (χ4n) is 2.28. The topological polar surface area (TPSA) is 41.5 Å². The van der Waals surface area contributed by atoms with Crippen LogP contribution >= 0.6 is 0 Å². The zero-order valence-corrected chi connectivity index (χ0v) is 10.2. The van der Waals surface area contributed by atoms with Crippen molar-refractivity contribution in [2.45, 2.75) is 31.3 Å². The lowest BCUT2D eigenvalue weighted by molar-refractivity contribution is 0.113. The van der Waals surface area contributed by atoms with Crippen LogP contribution in [-0.4, -0.2) is 30.5 Å². The summed E-state index contributed by atoms with van der Waals surface area (Å²) in [6, 6.07) is 10.3.